The highest BCUT2D eigenvalue weighted by molar-refractivity contribution is 7.80. The zero-order valence-corrected chi connectivity index (χ0v) is 17.1. The Morgan fingerprint density at radius 3 is 2.00 bits per heavy atom. The van der Waals surface area contributed by atoms with Gasteiger partial charge in [-0.2, -0.15) is 0 Å². The number of hydrogen-bond acceptors (Lipinski definition) is 8. The van der Waals surface area contributed by atoms with Crippen LogP contribution in [-0.4, -0.2) is 26.3 Å². The lowest BCUT2D eigenvalue weighted by molar-refractivity contribution is -0.384. The summed E-state index contributed by atoms with van der Waals surface area (Å²) in [6.45, 7) is 0. The third kappa shape index (κ3) is 3.66. The molecule has 0 fully saturated rings. The number of ether oxygens (including phenoxy) is 3. The molecule has 3 rings (SSSR count). The summed E-state index contributed by atoms with van der Waals surface area (Å²) in [5.74, 6) is 1.57. The number of rotatable bonds is 6. The Bertz CT molecular complexity index is 1010. The van der Waals surface area contributed by atoms with Crippen LogP contribution in [0.1, 0.15) is 0 Å². The van der Waals surface area contributed by atoms with Gasteiger partial charge in [-0.3, -0.25) is 10.1 Å². The topological polar surface area (TPSA) is 70.8 Å². The number of non-ortho nitro benzene ring substituents is 1. The Kier molecular flexibility index (Phi) is 5.73. The largest absolute Gasteiger partial charge is 0.493 e. The van der Waals surface area contributed by atoms with Gasteiger partial charge in [0.05, 0.1) is 31.1 Å². The predicted octanol–water partition coefficient (Wildman–Crippen LogP) is 5.81. The normalized spacial score (nSPS) is 10.5. The standard InChI is InChI=1S/C18H15NO5S3/c1-22-13-8-11(9-14(23-2)16(13)24-3)15-17(26-27-18(15)25)10-4-6-12(7-5-10)19(20)21/h4-9H,1-3H3. The fraction of sp³-hybridized carbons (Fsp3) is 0.167. The van der Waals surface area contributed by atoms with Crippen molar-refractivity contribution in [3.05, 3.63) is 50.3 Å². The van der Waals surface area contributed by atoms with Crippen LogP contribution in [0.25, 0.3) is 21.6 Å². The third-order valence-corrected chi connectivity index (χ3v) is 6.99. The molecule has 0 aliphatic carbocycles. The molecule has 27 heavy (non-hydrogen) atoms. The lowest BCUT2D eigenvalue weighted by Crippen LogP contribution is -1.96. The van der Waals surface area contributed by atoms with Gasteiger partial charge in [-0.05, 0) is 35.4 Å². The second-order valence-corrected chi connectivity index (χ2v) is 8.19. The van der Waals surface area contributed by atoms with Crippen LogP contribution in [0, 0.1) is 13.9 Å². The van der Waals surface area contributed by atoms with Gasteiger partial charge in [0.1, 0.15) is 3.82 Å². The van der Waals surface area contributed by atoms with Gasteiger partial charge in [0.2, 0.25) is 5.75 Å². The van der Waals surface area contributed by atoms with Crippen molar-refractivity contribution in [1.82, 2.24) is 0 Å². The van der Waals surface area contributed by atoms with E-state index in [1.54, 1.807) is 33.5 Å². The molecule has 0 amide bonds. The molecule has 0 spiro atoms. The lowest BCUT2D eigenvalue weighted by atomic mass is 10.0. The number of nitro groups is 1. The van der Waals surface area contributed by atoms with Gasteiger partial charge in [0.15, 0.2) is 11.5 Å². The molecule has 0 bridgehead atoms. The average Bonchev–Trinajstić information content (AvgIpc) is 3.08. The lowest BCUT2D eigenvalue weighted by Gasteiger charge is -2.14. The molecule has 0 radical (unpaired) electrons. The van der Waals surface area contributed by atoms with Crippen LogP contribution in [0.4, 0.5) is 5.69 Å². The average molecular weight is 422 g/mol. The quantitative estimate of drug-likeness (QED) is 0.217. The third-order valence-electron chi connectivity index (χ3n) is 3.93. The van der Waals surface area contributed by atoms with Gasteiger partial charge < -0.3 is 14.2 Å². The number of methoxy groups -OCH3 is 3. The number of nitrogens with zero attached hydrogens (tertiary/aromatic N) is 1. The van der Waals surface area contributed by atoms with Crippen molar-refractivity contribution in [1.29, 1.82) is 0 Å². The van der Waals surface area contributed by atoms with Crippen LogP contribution in [0.3, 0.4) is 0 Å². The molecule has 0 aliphatic heterocycles. The van der Waals surface area contributed by atoms with E-state index in [4.69, 9.17) is 26.4 Å². The van der Waals surface area contributed by atoms with Crippen LogP contribution in [0.5, 0.6) is 17.2 Å². The van der Waals surface area contributed by atoms with E-state index in [2.05, 4.69) is 0 Å². The van der Waals surface area contributed by atoms with Gasteiger partial charge in [-0.15, -0.1) is 0 Å². The summed E-state index contributed by atoms with van der Waals surface area (Å²) in [6, 6.07) is 10.1. The minimum absolute atomic E-state index is 0.0481. The molecule has 0 aliphatic rings. The highest BCUT2D eigenvalue weighted by Gasteiger charge is 2.19. The van der Waals surface area contributed by atoms with E-state index < -0.39 is 4.92 Å². The van der Waals surface area contributed by atoms with Crippen LogP contribution in [-0.2, 0) is 0 Å². The first-order valence-electron chi connectivity index (χ1n) is 7.68. The molecular formula is C18H15NO5S3. The summed E-state index contributed by atoms with van der Waals surface area (Å²) in [5.41, 5.74) is 2.61. The predicted molar refractivity (Wildman–Crippen MR) is 110 cm³/mol. The number of benzene rings is 2. The molecule has 1 aromatic heterocycles. The first-order chi connectivity index (χ1) is 13.0. The molecule has 1 heterocycles. The molecular weight excluding hydrogens is 406 g/mol. The van der Waals surface area contributed by atoms with Crippen molar-refractivity contribution < 1.29 is 19.1 Å². The molecule has 140 valence electrons. The molecule has 2 aromatic carbocycles. The van der Waals surface area contributed by atoms with E-state index in [1.165, 1.54) is 32.8 Å². The van der Waals surface area contributed by atoms with Crippen molar-refractivity contribution in [2.24, 2.45) is 0 Å². The highest BCUT2D eigenvalue weighted by Crippen LogP contribution is 2.46. The Labute approximate surface area is 168 Å². The zero-order valence-electron chi connectivity index (χ0n) is 14.7. The Hall–Kier alpha value is -2.49. The maximum absolute atomic E-state index is 10.9. The van der Waals surface area contributed by atoms with E-state index in [9.17, 15) is 10.1 Å². The van der Waals surface area contributed by atoms with Gasteiger partial charge in [-0.1, -0.05) is 32.9 Å². The van der Waals surface area contributed by atoms with Gasteiger partial charge in [-0.25, -0.2) is 0 Å². The summed E-state index contributed by atoms with van der Waals surface area (Å²) >= 11 is 5.55. The number of nitro benzene ring substituents is 1. The monoisotopic (exact) mass is 421 g/mol. The van der Waals surface area contributed by atoms with Gasteiger partial charge in [0.25, 0.3) is 5.69 Å². The summed E-state index contributed by atoms with van der Waals surface area (Å²) in [7, 11) is 7.67. The maximum atomic E-state index is 10.9. The summed E-state index contributed by atoms with van der Waals surface area (Å²) in [6.07, 6.45) is 0. The van der Waals surface area contributed by atoms with Crippen LogP contribution in [0.15, 0.2) is 36.4 Å². The first kappa shape index (κ1) is 19.3. The van der Waals surface area contributed by atoms with E-state index in [-0.39, 0.29) is 5.69 Å². The molecule has 6 nitrogen and oxygen atoms in total. The van der Waals surface area contributed by atoms with Gasteiger partial charge in [0, 0.05) is 17.7 Å². The SMILES string of the molecule is COc1cc(-c2c(-c3ccc([N+](=O)[O-])cc3)ssc2=S)cc(OC)c1OC. The van der Waals surface area contributed by atoms with Gasteiger partial charge >= 0.3 is 0 Å². The Balaban J connectivity index is 2.18. The van der Waals surface area contributed by atoms with Crippen LogP contribution < -0.4 is 14.2 Å². The summed E-state index contributed by atoms with van der Waals surface area (Å²) in [4.78, 5) is 11.4. The van der Waals surface area contributed by atoms with Crippen molar-refractivity contribution >= 4 is 38.6 Å². The maximum Gasteiger partial charge on any atom is 0.269 e. The van der Waals surface area contributed by atoms with Crippen molar-refractivity contribution in [3.63, 3.8) is 0 Å². The Morgan fingerprint density at radius 1 is 0.926 bits per heavy atom. The molecule has 9 heteroatoms. The van der Waals surface area contributed by atoms with E-state index in [0.717, 1.165) is 25.4 Å². The van der Waals surface area contributed by atoms with Crippen molar-refractivity contribution in [3.8, 4) is 38.8 Å². The highest BCUT2D eigenvalue weighted by atomic mass is 32.9. The minimum atomic E-state index is -0.417. The number of hydrogen-bond donors (Lipinski definition) is 0. The van der Waals surface area contributed by atoms with E-state index in [0.29, 0.717) is 17.2 Å². The summed E-state index contributed by atoms with van der Waals surface area (Å²) in [5, 5.41) is 10.9. The molecule has 0 N–H and O–H groups in total. The zero-order chi connectivity index (χ0) is 19.6. The second-order valence-electron chi connectivity index (χ2n) is 5.38. The summed E-state index contributed by atoms with van der Waals surface area (Å²) < 4.78 is 17.0. The smallest absolute Gasteiger partial charge is 0.269 e. The molecule has 0 saturated carbocycles. The Morgan fingerprint density at radius 2 is 1.52 bits per heavy atom. The van der Waals surface area contributed by atoms with Crippen molar-refractivity contribution in [2.45, 2.75) is 0 Å². The molecule has 0 atom stereocenters. The molecule has 0 saturated heterocycles. The van der Waals surface area contributed by atoms with Crippen LogP contribution in [0.2, 0.25) is 0 Å². The van der Waals surface area contributed by atoms with E-state index in [1.807, 2.05) is 12.1 Å². The van der Waals surface area contributed by atoms with Crippen molar-refractivity contribution in [2.75, 3.05) is 21.3 Å². The van der Waals surface area contributed by atoms with E-state index >= 15 is 0 Å². The molecule has 0 unspecified atom stereocenters. The van der Waals surface area contributed by atoms with Crippen LogP contribution >= 0.6 is 32.9 Å². The minimum Gasteiger partial charge on any atom is -0.493 e. The fourth-order valence-corrected chi connectivity index (χ4v) is 5.58. The fourth-order valence-electron chi connectivity index (χ4n) is 2.66. The molecule has 3 aromatic rings. The second kappa shape index (κ2) is 8.03. The first-order valence-corrected chi connectivity index (χ1v) is 10.2.